The molecule has 2 saturated heterocycles. The fraction of sp³-hybridized carbons (Fsp3) is 0.368. The minimum absolute atomic E-state index is 0. The molecule has 0 saturated carbocycles. The van der Waals surface area contributed by atoms with Crippen molar-refractivity contribution >= 4 is 18.3 Å². The van der Waals surface area contributed by atoms with Crippen LogP contribution in [0.2, 0.25) is 0 Å². The van der Waals surface area contributed by atoms with Crippen LogP contribution < -0.4 is 5.32 Å². The Morgan fingerprint density at radius 3 is 2.80 bits per heavy atom. The number of nitrogens with one attached hydrogen (secondary N) is 1. The van der Waals surface area contributed by atoms with Crippen LogP contribution in [0, 0.1) is 18.7 Å². The molecule has 1 aromatic heterocycles. The lowest BCUT2D eigenvalue weighted by Gasteiger charge is -2.46. The van der Waals surface area contributed by atoms with Gasteiger partial charge < -0.3 is 10.2 Å². The maximum atomic E-state index is 14.9. The number of nitrogens with zero attached hydrogens (tertiary/aromatic N) is 2. The number of hydrogen-bond acceptors (Lipinski definition) is 3. The summed E-state index contributed by atoms with van der Waals surface area (Å²) >= 11 is 0. The molecule has 1 amide bonds. The molecule has 2 aliphatic heterocycles. The standard InChI is InChI=1S/C19H20FN3O.ClH/c1-12-5-6-14(15-4-2-3-8-21-15)17(18(12)20)19(24)23-9-7-13-10-22-16(13)11-23;/h2-6,8,13,16,22H,7,9-11H2,1H3;1H/t13-,16-;/m0./s1. The molecule has 2 fully saturated rings. The van der Waals surface area contributed by atoms with Gasteiger partial charge in [0.1, 0.15) is 5.82 Å². The maximum absolute atomic E-state index is 14.9. The van der Waals surface area contributed by atoms with Crippen molar-refractivity contribution < 1.29 is 9.18 Å². The second kappa shape index (κ2) is 7.10. The monoisotopic (exact) mass is 361 g/mol. The lowest BCUT2D eigenvalue weighted by atomic mass is 9.84. The molecule has 0 unspecified atom stereocenters. The third kappa shape index (κ3) is 3.14. The van der Waals surface area contributed by atoms with Crippen LogP contribution in [0.25, 0.3) is 11.3 Å². The van der Waals surface area contributed by atoms with E-state index in [0.29, 0.717) is 41.9 Å². The number of pyridine rings is 1. The van der Waals surface area contributed by atoms with Gasteiger partial charge in [-0.1, -0.05) is 18.2 Å². The Hall–Kier alpha value is -1.98. The number of aromatic nitrogens is 1. The van der Waals surface area contributed by atoms with Crippen molar-refractivity contribution in [3.63, 3.8) is 0 Å². The number of aryl methyl sites for hydroxylation is 1. The number of likely N-dealkylation sites (tertiary alicyclic amines) is 1. The molecule has 3 heterocycles. The van der Waals surface area contributed by atoms with Crippen molar-refractivity contribution in [1.82, 2.24) is 15.2 Å². The molecule has 4 nitrogen and oxygen atoms in total. The van der Waals surface area contributed by atoms with Crippen LogP contribution in [-0.2, 0) is 0 Å². The molecular formula is C19H21ClFN3O. The predicted octanol–water partition coefficient (Wildman–Crippen LogP) is 3.05. The van der Waals surface area contributed by atoms with E-state index < -0.39 is 5.82 Å². The first-order valence-corrected chi connectivity index (χ1v) is 8.38. The van der Waals surface area contributed by atoms with Crippen LogP contribution in [-0.4, -0.2) is 41.5 Å². The van der Waals surface area contributed by atoms with Crippen LogP contribution in [0.1, 0.15) is 22.3 Å². The maximum Gasteiger partial charge on any atom is 0.257 e. The first kappa shape index (κ1) is 17.8. The largest absolute Gasteiger partial charge is 0.337 e. The highest BCUT2D eigenvalue weighted by molar-refractivity contribution is 6.01. The van der Waals surface area contributed by atoms with Crippen LogP contribution in [0.4, 0.5) is 4.39 Å². The summed E-state index contributed by atoms with van der Waals surface area (Å²) in [5, 5.41) is 3.36. The number of piperidine rings is 1. The van der Waals surface area contributed by atoms with Gasteiger partial charge in [-0.05, 0) is 43.5 Å². The van der Waals surface area contributed by atoms with Crippen LogP contribution in [0.3, 0.4) is 0 Å². The van der Waals surface area contributed by atoms with Crippen LogP contribution in [0.15, 0.2) is 36.5 Å². The summed E-state index contributed by atoms with van der Waals surface area (Å²) in [6.45, 7) is 4.06. The Morgan fingerprint density at radius 2 is 2.16 bits per heavy atom. The van der Waals surface area contributed by atoms with E-state index >= 15 is 0 Å². The summed E-state index contributed by atoms with van der Waals surface area (Å²) in [5.41, 5.74) is 1.81. The van der Waals surface area contributed by atoms with Crippen molar-refractivity contribution in [2.45, 2.75) is 19.4 Å². The van der Waals surface area contributed by atoms with Gasteiger partial charge in [-0.3, -0.25) is 9.78 Å². The fourth-order valence-corrected chi connectivity index (χ4v) is 3.59. The van der Waals surface area contributed by atoms with Gasteiger partial charge in [-0.15, -0.1) is 12.4 Å². The van der Waals surface area contributed by atoms with E-state index in [1.54, 1.807) is 36.2 Å². The summed E-state index contributed by atoms with van der Waals surface area (Å²) in [6.07, 6.45) is 2.64. The van der Waals surface area contributed by atoms with E-state index in [1.165, 1.54) is 0 Å². The Balaban J connectivity index is 0.00000182. The Morgan fingerprint density at radius 1 is 1.32 bits per heavy atom. The number of rotatable bonds is 2. The zero-order valence-electron chi connectivity index (χ0n) is 14.0. The molecule has 25 heavy (non-hydrogen) atoms. The molecule has 1 N–H and O–H groups in total. The molecule has 0 aliphatic carbocycles. The number of hydrogen-bond donors (Lipinski definition) is 1. The van der Waals surface area contributed by atoms with Gasteiger partial charge in [0.2, 0.25) is 0 Å². The second-order valence-corrected chi connectivity index (χ2v) is 6.65. The zero-order valence-corrected chi connectivity index (χ0v) is 14.9. The van der Waals surface area contributed by atoms with E-state index in [9.17, 15) is 9.18 Å². The predicted molar refractivity (Wildman–Crippen MR) is 97.4 cm³/mol. The topological polar surface area (TPSA) is 45.2 Å². The van der Waals surface area contributed by atoms with Crippen LogP contribution in [0.5, 0.6) is 0 Å². The van der Waals surface area contributed by atoms with Gasteiger partial charge in [0.25, 0.3) is 5.91 Å². The summed E-state index contributed by atoms with van der Waals surface area (Å²) in [7, 11) is 0. The fourth-order valence-electron chi connectivity index (χ4n) is 3.59. The van der Waals surface area contributed by atoms with Gasteiger partial charge in [0, 0.05) is 30.9 Å². The molecule has 0 spiro atoms. The first-order valence-electron chi connectivity index (χ1n) is 8.38. The van der Waals surface area contributed by atoms with E-state index in [0.717, 1.165) is 13.0 Å². The number of fused-ring (bicyclic) bond motifs is 1. The minimum Gasteiger partial charge on any atom is -0.337 e. The molecule has 2 atom stereocenters. The average molecular weight is 362 g/mol. The number of benzene rings is 1. The highest BCUT2D eigenvalue weighted by Crippen LogP contribution is 2.30. The molecule has 132 valence electrons. The van der Waals surface area contributed by atoms with Crippen molar-refractivity contribution in [1.29, 1.82) is 0 Å². The summed E-state index contributed by atoms with van der Waals surface area (Å²) in [6, 6.07) is 9.31. The van der Waals surface area contributed by atoms with Crippen molar-refractivity contribution in [2.75, 3.05) is 19.6 Å². The molecule has 2 aromatic rings. The van der Waals surface area contributed by atoms with Crippen LogP contribution >= 0.6 is 12.4 Å². The molecular weight excluding hydrogens is 341 g/mol. The lowest BCUT2D eigenvalue weighted by molar-refractivity contribution is 0.0515. The van der Waals surface area contributed by atoms with Gasteiger partial charge in [0.15, 0.2) is 0 Å². The van der Waals surface area contributed by atoms with Gasteiger partial charge in [-0.2, -0.15) is 0 Å². The quantitative estimate of drug-likeness (QED) is 0.894. The number of halogens is 2. The van der Waals surface area contributed by atoms with Gasteiger partial charge >= 0.3 is 0 Å². The van der Waals surface area contributed by atoms with E-state index in [1.807, 2.05) is 12.1 Å². The summed E-state index contributed by atoms with van der Waals surface area (Å²) < 4.78 is 14.9. The third-order valence-corrected chi connectivity index (χ3v) is 5.18. The molecule has 4 rings (SSSR count). The van der Waals surface area contributed by atoms with Crippen molar-refractivity contribution in [3.05, 3.63) is 53.5 Å². The normalized spacial score (nSPS) is 21.8. The summed E-state index contributed by atoms with van der Waals surface area (Å²) in [4.78, 5) is 19.1. The lowest BCUT2D eigenvalue weighted by Crippen LogP contribution is -2.62. The smallest absolute Gasteiger partial charge is 0.257 e. The molecule has 0 radical (unpaired) electrons. The average Bonchev–Trinajstić information content (AvgIpc) is 2.58. The summed E-state index contributed by atoms with van der Waals surface area (Å²) in [5.74, 6) is -0.0116. The molecule has 0 bridgehead atoms. The first-order chi connectivity index (χ1) is 11.6. The molecule has 1 aromatic carbocycles. The highest BCUT2D eigenvalue weighted by atomic mass is 35.5. The Labute approximate surface area is 152 Å². The number of carbonyl (C=O) groups is 1. The van der Waals surface area contributed by atoms with E-state index in [-0.39, 0.29) is 23.9 Å². The van der Waals surface area contributed by atoms with Gasteiger partial charge in [0.05, 0.1) is 11.3 Å². The Bertz CT molecular complexity index is 784. The SMILES string of the molecule is Cc1ccc(-c2ccccn2)c(C(=O)N2CC[C@H]3CN[C@H]3C2)c1F.Cl. The molecule has 2 aliphatic rings. The zero-order chi connectivity index (χ0) is 16.7. The second-order valence-electron chi connectivity index (χ2n) is 6.65. The van der Waals surface area contributed by atoms with E-state index in [2.05, 4.69) is 10.3 Å². The van der Waals surface area contributed by atoms with Gasteiger partial charge in [-0.25, -0.2) is 4.39 Å². The number of carbonyl (C=O) groups excluding carboxylic acids is 1. The number of amides is 1. The minimum atomic E-state index is -0.438. The van der Waals surface area contributed by atoms with Crippen molar-refractivity contribution in [2.24, 2.45) is 5.92 Å². The Kier molecular flexibility index (Phi) is 5.06. The molecule has 6 heteroatoms. The van der Waals surface area contributed by atoms with Crippen molar-refractivity contribution in [3.8, 4) is 11.3 Å². The third-order valence-electron chi connectivity index (χ3n) is 5.18. The van der Waals surface area contributed by atoms with E-state index in [4.69, 9.17) is 0 Å². The highest BCUT2D eigenvalue weighted by Gasteiger charge is 2.38.